The number of aromatic nitrogens is 4. The lowest BCUT2D eigenvalue weighted by Gasteiger charge is -2.32. The normalized spacial score (nSPS) is 22.9. The highest BCUT2D eigenvalue weighted by Crippen LogP contribution is 2.39. The quantitative estimate of drug-likeness (QED) is 0.836. The Morgan fingerprint density at radius 2 is 2.07 bits per heavy atom. The van der Waals surface area contributed by atoms with E-state index >= 15 is 0 Å². The fourth-order valence-electron chi connectivity index (χ4n) is 4.37. The number of carbonyl (C=O) groups excluding carboxylic acids is 1. The molecule has 8 nitrogen and oxygen atoms in total. The van der Waals surface area contributed by atoms with Crippen molar-refractivity contribution in [2.24, 2.45) is 0 Å². The topological polar surface area (TPSA) is 98.0 Å². The van der Waals surface area contributed by atoms with Crippen LogP contribution < -0.4 is 5.56 Å². The Morgan fingerprint density at radius 3 is 2.89 bits per heavy atom. The molecule has 0 radical (unpaired) electrons. The van der Waals surface area contributed by atoms with Crippen molar-refractivity contribution in [1.82, 2.24) is 30.0 Å². The second kappa shape index (κ2) is 6.84. The SMILES string of the molecule is CN1CCc2nc(C3CCCN(C(=O)c4cc(C5CC5)[nH]n4)C3)[nH]c(=O)c2C1. The predicted octanol–water partition coefficient (Wildman–Crippen LogP) is 1.38. The first-order chi connectivity index (χ1) is 13.6. The van der Waals surface area contributed by atoms with E-state index in [1.165, 1.54) is 12.8 Å². The van der Waals surface area contributed by atoms with E-state index in [-0.39, 0.29) is 17.4 Å². The second-order valence-electron chi connectivity index (χ2n) is 8.44. The van der Waals surface area contributed by atoms with Crippen LogP contribution in [-0.2, 0) is 13.0 Å². The van der Waals surface area contributed by atoms with Gasteiger partial charge < -0.3 is 14.8 Å². The van der Waals surface area contributed by atoms with E-state index in [1.807, 2.05) is 18.0 Å². The minimum absolute atomic E-state index is 0.0311. The summed E-state index contributed by atoms with van der Waals surface area (Å²) >= 11 is 0. The summed E-state index contributed by atoms with van der Waals surface area (Å²) in [6.45, 7) is 2.86. The summed E-state index contributed by atoms with van der Waals surface area (Å²) in [6, 6.07) is 1.90. The highest BCUT2D eigenvalue weighted by Gasteiger charge is 2.31. The second-order valence-corrected chi connectivity index (χ2v) is 8.44. The van der Waals surface area contributed by atoms with E-state index in [4.69, 9.17) is 4.98 Å². The summed E-state index contributed by atoms with van der Waals surface area (Å²) in [4.78, 5) is 37.3. The molecule has 0 bridgehead atoms. The number of likely N-dealkylation sites (tertiary alicyclic amines) is 1. The molecule has 1 unspecified atom stereocenters. The summed E-state index contributed by atoms with van der Waals surface area (Å²) in [5.74, 6) is 1.31. The smallest absolute Gasteiger partial charge is 0.274 e. The molecule has 3 aliphatic rings. The van der Waals surface area contributed by atoms with Crippen molar-refractivity contribution in [3.8, 4) is 0 Å². The third-order valence-corrected chi connectivity index (χ3v) is 6.21. The molecule has 2 N–H and O–H groups in total. The maximum Gasteiger partial charge on any atom is 0.274 e. The van der Waals surface area contributed by atoms with Crippen LogP contribution in [0.4, 0.5) is 0 Å². The minimum atomic E-state index is -0.0326. The molecule has 2 aromatic rings. The molecule has 0 spiro atoms. The number of hydrogen-bond acceptors (Lipinski definition) is 5. The summed E-state index contributed by atoms with van der Waals surface area (Å²) in [5.41, 5.74) is 3.24. The Morgan fingerprint density at radius 1 is 1.21 bits per heavy atom. The van der Waals surface area contributed by atoms with Crippen molar-refractivity contribution in [3.63, 3.8) is 0 Å². The number of nitrogens with one attached hydrogen (secondary N) is 2. The van der Waals surface area contributed by atoms with Gasteiger partial charge in [-0.25, -0.2) is 4.98 Å². The zero-order chi connectivity index (χ0) is 19.3. The largest absolute Gasteiger partial charge is 0.337 e. The van der Waals surface area contributed by atoms with E-state index in [9.17, 15) is 9.59 Å². The van der Waals surface area contributed by atoms with Gasteiger partial charge in [0.15, 0.2) is 0 Å². The first-order valence-corrected chi connectivity index (χ1v) is 10.2. The maximum atomic E-state index is 12.9. The van der Waals surface area contributed by atoms with Gasteiger partial charge in [-0.05, 0) is 38.8 Å². The van der Waals surface area contributed by atoms with Gasteiger partial charge in [0.25, 0.3) is 11.5 Å². The first kappa shape index (κ1) is 17.6. The van der Waals surface area contributed by atoms with Gasteiger partial charge in [0.1, 0.15) is 11.5 Å². The molecule has 1 atom stereocenters. The summed E-state index contributed by atoms with van der Waals surface area (Å²) in [6.07, 6.45) is 4.98. The van der Waals surface area contributed by atoms with Crippen molar-refractivity contribution in [1.29, 1.82) is 0 Å². The molecule has 2 fully saturated rings. The number of amides is 1. The zero-order valence-electron chi connectivity index (χ0n) is 16.2. The van der Waals surface area contributed by atoms with Crippen molar-refractivity contribution in [3.05, 3.63) is 44.9 Å². The molecule has 8 heteroatoms. The Bertz CT molecular complexity index is 960. The molecule has 148 valence electrons. The number of piperidine rings is 1. The van der Waals surface area contributed by atoms with Crippen LogP contribution in [0.5, 0.6) is 0 Å². The minimum Gasteiger partial charge on any atom is -0.337 e. The van der Waals surface area contributed by atoms with Crippen molar-refractivity contribution < 1.29 is 4.79 Å². The van der Waals surface area contributed by atoms with Crippen LogP contribution in [0.15, 0.2) is 10.9 Å². The Labute approximate surface area is 163 Å². The van der Waals surface area contributed by atoms with Gasteiger partial charge in [0.05, 0.1) is 11.3 Å². The van der Waals surface area contributed by atoms with Gasteiger partial charge in [-0.15, -0.1) is 0 Å². The van der Waals surface area contributed by atoms with Crippen LogP contribution in [-0.4, -0.2) is 62.6 Å². The van der Waals surface area contributed by atoms with Gasteiger partial charge in [0.2, 0.25) is 0 Å². The van der Waals surface area contributed by atoms with E-state index in [2.05, 4.69) is 20.1 Å². The Balaban J connectivity index is 1.34. The molecule has 5 rings (SSSR count). The molecule has 2 aliphatic heterocycles. The van der Waals surface area contributed by atoms with E-state index in [0.717, 1.165) is 55.1 Å². The third kappa shape index (κ3) is 3.26. The number of hydrogen-bond donors (Lipinski definition) is 2. The third-order valence-electron chi connectivity index (χ3n) is 6.21. The van der Waals surface area contributed by atoms with Gasteiger partial charge in [-0.2, -0.15) is 5.10 Å². The molecular formula is C20H26N6O2. The number of fused-ring (bicyclic) bond motifs is 1. The average molecular weight is 382 g/mol. The lowest BCUT2D eigenvalue weighted by atomic mass is 9.96. The number of rotatable bonds is 3. The van der Waals surface area contributed by atoms with Crippen molar-refractivity contribution in [2.75, 3.05) is 26.7 Å². The van der Waals surface area contributed by atoms with E-state index in [0.29, 0.717) is 24.7 Å². The molecule has 1 aliphatic carbocycles. The fourth-order valence-corrected chi connectivity index (χ4v) is 4.37. The first-order valence-electron chi connectivity index (χ1n) is 10.2. The van der Waals surface area contributed by atoms with Crippen LogP contribution in [0, 0.1) is 0 Å². The van der Waals surface area contributed by atoms with E-state index < -0.39 is 0 Å². The van der Waals surface area contributed by atoms with Crippen LogP contribution >= 0.6 is 0 Å². The van der Waals surface area contributed by atoms with Gasteiger partial charge >= 0.3 is 0 Å². The Kier molecular flexibility index (Phi) is 4.30. The number of nitrogens with zero attached hydrogens (tertiary/aromatic N) is 4. The highest BCUT2D eigenvalue weighted by molar-refractivity contribution is 5.92. The van der Waals surface area contributed by atoms with Crippen molar-refractivity contribution in [2.45, 2.75) is 50.5 Å². The molecule has 1 saturated carbocycles. The summed E-state index contributed by atoms with van der Waals surface area (Å²) in [5, 5.41) is 7.25. The van der Waals surface area contributed by atoms with Gasteiger partial charge in [-0.1, -0.05) is 0 Å². The molecule has 0 aromatic carbocycles. The van der Waals surface area contributed by atoms with Gasteiger partial charge in [-0.3, -0.25) is 14.7 Å². The summed E-state index contributed by atoms with van der Waals surface area (Å²) in [7, 11) is 2.02. The monoisotopic (exact) mass is 382 g/mol. The van der Waals surface area contributed by atoms with Crippen LogP contribution in [0.3, 0.4) is 0 Å². The van der Waals surface area contributed by atoms with Crippen LogP contribution in [0.25, 0.3) is 0 Å². The maximum absolute atomic E-state index is 12.9. The summed E-state index contributed by atoms with van der Waals surface area (Å²) < 4.78 is 0. The number of carbonyl (C=O) groups is 1. The predicted molar refractivity (Wildman–Crippen MR) is 103 cm³/mol. The molecular weight excluding hydrogens is 356 g/mol. The average Bonchev–Trinajstić information content (AvgIpc) is 3.45. The van der Waals surface area contributed by atoms with Crippen molar-refractivity contribution >= 4 is 5.91 Å². The lowest BCUT2D eigenvalue weighted by molar-refractivity contribution is 0.0698. The Hall–Kier alpha value is -2.48. The molecule has 2 aromatic heterocycles. The molecule has 1 saturated heterocycles. The molecule has 28 heavy (non-hydrogen) atoms. The number of aromatic amines is 2. The number of H-pyrrole nitrogens is 2. The molecule has 1 amide bonds. The molecule has 4 heterocycles. The zero-order valence-corrected chi connectivity index (χ0v) is 16.2. The van der Waals surface area contributed by atoms with E-state index in [1.54, 1.807) is 0 Å². The van der Waals surface area contributed by atoms with Gasteiger partial charge in [0, 0.05) is 50.1 Å². The highest BCUT2D eigenvalue weighted by atomic mass is 16.2. The number of likely N-dealkylation sites (N-methyl/N-ethyl adjacent to an activating group) is 1. The van der Waals surface area contributed by atoms with Crippen LogP contribution in [0.1, 0.15) is 70.8 Å². The van der Waals surface area contributed by atoms with Crippen LogP contribution in [0.2, 0.25) is 0 Å². The lowest BCUT2D eigenvalue weighted by Crippen LogP contribution is -2.41. The fraction of sp³-hybridized carbons (Fsp3) is 0.600. The standard InChI is InChI=1S/C20H26N6O2/c1-25-8-6-15-14(11-25)19(27)22-18(21-15)13-3-2-7-26(10-13)20(28)17-9-16(23-24-17)12-4-5-12/h9,12-13H,2-8,10-11H2,1H3,(H,23,24)(H,21,22,27).